The molecule has 1 saturated heterocycles. The molecule has 1 aliphatic rings. The molecule has 7 nitrogen and oxygen atoms in total. The summed E-state index contributed by atoms with van der Waals surface area (Å²) >= 11 is 5.97. The Balaban J connectivity index is 1.62. The zero-order valence-corrected chi connectivity index (χ0v) is 17.2. The molecule has 0 radical (unpaired) electrons. The number of aromatic nitrogens is 1. The fourth-order valence-electron chi connectivity index (χ4n) is 4.15. The number of anilines is 1. The number of hydrogen-bond acceptors (Lipinski definition) is 4. The van der Waals surface area contributed by atoms with E-state index >= 15 is 0 Å². The number of rotatable bonds is 5. The lowest BCUT2D eigenvalue weighted by Gasteiger charge is -2.38. The van der Waals surface area contributed by atoms with Gasteiger partial charge in [0.15, 0.2) is 0 Å². The van der Waals surface area contributed by atoms with Gasteiger partial charge in [-0.25, -0.2) is 4.79 Å². The molecule has 0 spiro atoms. The third kappa shape index (κ3) is 3.74. The molecular weight excluding hydrogens is 406 g/mol. The van der Waals surface area contributed by atoms with E-state index in [9.17, 15) is 19.8 Å². The van der Waals surface area contributed by atoms with Crippen molar-refractivity contribution in [3.63, 3.8) is 0 Å². The van der Waals surface area contributed by atoms with Crippen LogP contribution in [0.25, 0.3) is 10.9 Å². The number of hydrogen-bond donors (Lipinski definition) is 2. The van der Waals surface area contributed by atoms with E-state index in [2.05, 4.69) is 4.90 Å². The number of carbonyl (C=O) groups is 2. The number of halogens is 1. The summed E-state index contributed by atoms with van der Waals surface area (Å²) in [4.78, 5) is 27.8. The van der Waals surface area contributed by atoms with Crippen molar-refractivity contribution < 1.29 is 19.8 Å². The highest BCUT2D eigenvalue weighted by Crippen LogP contribution is 2.32. The first-order valence-electron chi connectivity index (χ1n) is 9.65. The molecule has 30 heavy (non-hydrogen) atoms. The lowest BCUT2D eigenvalue weighted by Crippen LogP contribution is -2.49. The summed E-state index contributed by atoms with van der Waals surface area (Å²) in [5, 5.41) is 20.7. The fourth-order valence-corrected chi connectivity index (χ4v) is 4.28. The van der Waals surface area contributed by atoms with Gasteiger partial charge < -0.3 is 19.7 Å². The quantitative estimate of drug-likeness (QED) is 0.648. The van der Waals surface area contributed by atoms with Gasteiger partial charge in [-0.05, 0) is 42.5 Å². The molecule has 0 aliphatic carbocycles. The second kappa shape index (κ2) is 8.01. The molecule has 0 bridgehead atoms. The predicted molar refractivity (Wildman–Crippen MR) is 115 cm³/mol. The van der Waals surface area contributed by atoms with Crippen molar-refractivity contribution in [2.75, 3.05) is 31.1 Å². The number of aryl methyl sites for hydroxylation is 1. The van der Waals surface area contributed by atoms with Crippen molar-refractivity contribution in [2.24, 2.45) is 7.05 Å². The SMILES string of the molecule is Cn1cc([C@@H](C(=O)O)N2CCN(c3ccc(Cl)cc3)CC2)c2cc(C(=O)O)ccc21. The Morgan fingerprint density at radius 1 is 1.00 bits per heavy atom. The van der Waals surface area contributed by atoms with Crippen molar-refractivity contribution in [3.05, 3.63) is 64.8 Å². The van der Waals surface area contributed by atoms with Gasteiger partial charge in [0.05, 0.1) is 5.56 Å². The number of carboxylic acid groups (broad SMARTS) is 2. The molecule has 0 amide bonds. The van der Waals surface area contributed by atoms with Crippen LogP contribution in [-0.4, -0.2) is 57.8 Å². The van der Waals surface area contributed by atoms with Gasteiger partial charge in [0.25, 0.3) is 0 Å². The Morgan fingerprint density at radius 3 is 2.27 bits per heavy atom. The van der Waals surface area contributed by atoms with Crippen LogP contribution in [-0.2, 0) is 11.8 Å². The largest absolute Gasteiger partial charge is 0.480 e. The number of benzene rings is 2. The number of fused-ring (bicyclic) bond motifs is 1. The predicted octanol–water partition coefficient (Wildman–Crippen LogP) is 3.48. The number of carboxylic acids is 2. The first kappa shape index (κ1) is 20.3. The van der Waals surface area contributed by atoms with Gasteiger partial charge in [-0.1, -0.05) is 11.6 Å². The summed E-state index contributed by atoms with van der Waals surface area (Å²) in [6, 6.07) is 11.6. The smallest absolute Gasteiger partial charge is 0.335 e. The van der Waals surface area contributed by atoms with Gasteiger partial charge in [-0.3, -0.25) is 9.69 Å². The molecule has 2 aromatic carbocycles. The van der Waals surface area contributed by atoms with E-state index in [1.807, 2.05) is 40.8 Å². The number of aliphatic carboxylic acids is 1. The van der Waals surface area contributed by atoms with Crippen LogP contribution in [0.15, 0.2) is 48.7 Å². The first-order valence-corrected chi connectivity index (χ1v) is 10.0. The minimum atomic E-state index is -1.03. The molecule has 4 rings (SSSR count). The van der Waals surface area contributed by atoms with Crippen LogP contribution < -0.4 is 4.90 Å². The molecule has 2 N–H and O–H groups in total. The maximum Gasteiger partial charge on any atom is 0.335 e. The van der Waals surface area contributed by atoms with E-state index in [4.69, 9.17) is 11.6 Å². The van der Waals surface area contributed by atoms with Gasteiger partial charge in [0, 0.05) is 66.6 Å². The summed E-state index contributed by atoms with van der Waals surface area (Å²) < 4.78 is 1.84. The summed E-state index contributed by atoms with van der Waals surface area (Å²) in [5.74, 6) is -1.97. The topological polar surface area (TPSA) is 86.0 Å². The van der Waals surface area contributed by atoms with Crippen LogP contribution in [0.4, 0.5) is 5.69 Å². The van der Waals surface area contributed by atoms with E-state index in [-0.39, 0.29) is 5.56 Å². The lowest BCUT2D eigenvalue weighted by molar-refractivity contribution is -0.143. The average Bonchev–Trinajstić information content (AvgIpc) is 3.05. The van der Waals surface area contributed by atoms with E-state index in [0.29, 0.717) is 42.2 Å². The molecule has 2 heterocycles. The Morgan fingerprint density at radius 2 is 1.67 bits per heavy atom. The van der Waals surface area contributed by atoms with E-state index in [1.165, 1.54) is 6.07 Å². The molecule has 0 saturated carbocycles. The average molecular weight is 428 g/mol. The van der Waals surface area contributed by atoms with Crippen molar-refractivity contribution in [1.29, 1.82) is 0 Å². The Labute approximate surface area is 178 Å². The van der Waals surface area contributed by atoms with Crippen LogP contribution in [0.2, 0.25) is 5.02 Å². The van der Waals surface area contributed by atoms with Crippen molar-refractivity contribution in [2.45, 2.75) is 6.04 Å². The van der Waals surface area contributed by atoms with E-state index in [1.54, 1.807) is 18.3 Å². The van der Waals surface area contributed by atoms with Crippen LogP contribution >= 0.6 is 11.6 Å². The minimum absolute atomic E-state index is 0.145. The molecular formula is C22H22ClN3O4. The van der Waals surface area contributed by atoms with Crippen LogP contribution in [0.5, 0.6) is 0 Å². The Bertz CT molecular complexity index is 1100. The molecule has 8 heteroatoms. The highest BCUT2D eigenvalue weighted by Gasteiger charge is 2.32. The Kier molecular flexibility index (Phi) is 5.40. The minimum Gasteiger partial charge on any atom is -0.480 e. The molecule has 1 aliphatic heterocycles. The van der Waals surface area contributed by atoms with Crippen LogP contribution in [0, 0.1) is 0 Å². The molecule has 1 aromatic heterocycles. The zero-order chi connectivity index (χ0) is 21.4. The van der Waals surface area contributed by atoms with Crippen molar-refractivity contribution in [3.8, 4) is 0 Å². The van der Waals surface area contributed by atoms with Crippen LogP contribution in [0.3, 0.4) is 0 Å². The highest BCUT2D eigenvalue weighted by molar-refractivity contribution is 6.30. The lowest BCUT2D eigenvalue weighted by atomic mass is 10.0. The molecule has 1 fully saturated rings. The van der Waals surface area contributed by atoms with Crippen molar-refractivity contribution in [1.82, 2.24) is 9.47 Å². The van der Waals surface area contributed by atoms with Gasteiger partial charge in [-0.2, -0.15) is 0 Å². The van der Waals surface area contributed by atoms with Crippen molar-refractivity contribution >= 4 is 40.1 Å². The second-order valence-electron chi connectivity index (χ2n) is 7.47. The van der Waals surface area contributed by atoms with Gasteiger partial charge >= 0.3 is 11.9 Å². The van der Waals surface area contributed by atoms with Crippen LogP contribution in [0.1, 0.15) is 22.0 Å². The molecule has 156 valence electrons. The monoisotopic (exact) mass is 427 g/mol. The Hall–Kier alpha value is -3.03. The van der Waals surface area contributed by atoms with Gasteiger partial charge in [0.1, 0.15) is 6.04 Å². The number of nitrogens with zero attached hydrogens (tertiary/aromatic N) is 3. The highest BCUT2D eigenvalue weighted by atomic mass is 35.5. The maximum absolute atomic E-state index is 12.3. The normalized spacial score (nSPS) is 16.0. The summed E-state index contributed by atoms with van der Waals surface area (Å²) in [7, 11) is 1.84. The third-order valence-electron chi connectivity index (χ3n) is 5.67. The fraction of sp³-hybridized carbons (Fsp3) is 0.273. The summed E-state index contributed by atoms with van der Waals surface area (Å²) in [5.41, 5.74) is 2.62. The maximum atomic E-state index is 12.3. The van der Waals surface area contributed by atoms with Gasteiger partial charge in [0.2, 0.25) is 0 Å². The summed E-state index contributed by atoms with van der Waals surface area (Å²) in [6.07, 6.45) is 1.79. The zero-order valence-electron chi connectivity index (χ0n) is 16.5. The molecule has 1 atom stereocenters. The van der Waals surface area contributed by atoms with Gasteiger partial charge in [-0.15, -0.1) is 0 Å². The van der Waals surface area contributed by atoms with E-state index < -0.39 is 18.0 Å². The number of aromatic carboxylic acids is 1. The molecule has 3 aromatic rings. The first-order chi connectivity index (χ1) is 14.3. The third-order valence-corrected chi connectivity index (χ3v) is 5.92. The second-order valence-corrected chi connectivity index (χ2v) is 7.91. The molecule has 0 unspecified atom stereocenters. The van der Waals surface area contributed by atoms with E-state index in [0.717, 1.165) is 11.2 Å². The standard InChI is InChI=1S/C22H22ClN3O4/c1-24-13-18(17-12-14(21(27)28)2-7-19(17)24)20(22(29)30)26-10-8-25(9-11-26)16-5-3-15(23)4-6-16/h2-7,12-13,20H,8-11H2,1H3,(H,27,28)(H,29,30)/t20-/m0/s1. The summed E-state index contributed by atoms with van der Waals surface area (Å²) in [6.45, 7) is 2.54. The number of piperazine rings is 1.